The molecule has 0 aromatic heterocycles. The maximum atomic E-state index is 12.1. The molecule has 2 amide bonds. The van der Waals surface area contributed by atoms with Crippen molar-refractivity contribution in [3.63, 3.8) is 0 Å². The zero-order valence-corrected chi connectivity index (χ0v) is 12.6. The number of carbonyl (C=O) groups is 2. The van der Waals surface area contributed by atoms with E-state index in [-0.39, 0.29) is 23.7 Å². The molecule has 2 rings (SSSR count). The summed E-state index contributed by atoms with van der Waals surface area (Å²) in [7, 11) is 0. The lowest BCUT2D eigenvalue weighted by Gasteiger charge is -2.19. The molecule has 0 radical (unpaired) electrons. The fraction of sp³-hybridized carbons (Fsp3) is 0.500. The molecule has 1 fully saturated rings. The summed E-state index contributed by atoms with van der Waals surface area (Å²) < 4.78 is 0. The molecule has 1 aliphatic rings. The lowest BCUT2D eigenvalue weighted by atomic mass is 9.95. The Kier molecular flexibility index (Phi) is 4.96. The number of hydrogen-bond acceptors (Lipinski definition) is 3. The van der Waals surface area contributed by atoms with Crippen LogP contribution in [0.15, 0.2) is 24.3 Å². The first kappa shape index (κ1) is 15.5. The second kappa shape index (κ2) is 6.72. The molecule has 21 heavy (non-hydrogen) atoms. The van der Waals surface area contributed by atoms with Crippen molar-refractivity contribution < 1.29 is 9.59 Å². The second-order valence-electron chi connectivity index (χ2n) is 5.77. The smallest absolute Gasteiger partial charge is 0.229 e. The van der Waals surface area contributed by atoms with Crippen LogP contribution in [0.4, 0.5) is 11.4 Å². The minimum absolute atomic E-state index is 0.0579. The van der Waals surface area contributed by atoms with E-state index in [2.05, 4.69) is 5.32 Å². The fourth-order valence-electron chi connectivity index (χ4n) is 2.56. The monoisotopic (exact) mass is 289 g/mol. The number of rotatable bonds is 5. The van der Waals surface area contributed by atoms with Gasteiger partial charge in [-0.15, -0.1) is 0 Å². The van der Waals surface area contributed by atoms with Gasteiger partial charge in [0.1, 0.15) is 0 Å². The van der Waals surface area contributed by atoms with E-state index < -0.39 is 0 Å². The maximum Gasteiger partial charge on any atom is 0.229 e. The van der Waals surface area contributed by atoms with Crippen LogP contribution in [0.2, 0.25) is 0 Å². The lowest BCUT2D eigenvalue weighted by molar-refractivity contribution is -0.120. The molecule has 5 nitrogen and oxygen atoms in total. The Labute approximate surface area is 125 Å². The first-order valence-corrected chi connectivity index (χ1v) is 7.44. The highest BCUT2D eigenvalue weighted by Gasteiger charge is 2.22. The molecule has 1 aromatic rings. The molecule has 1 atom stereocenters. The number of amides is 2. The van der Waals surface area contributed by atoms with Gasteiger partial charge >= 0.3 is 0 Å². The van der Waals surface area contributed by atoms with Gasteiger partial charge < -0.3 is 16.0 Å². The lowest BCUT2D eigenvalue weighted by Crippen LogP contribution is -2.33. The molecule has 0 aliphatic carbocycles. The molecular weight excluding hydrogens is 266 g/mol. The first-order valence-electron chi connectivity index (χ1n) is 7.44. The minimum Gasteiger partial charge on any atom is -0.330 e. The van der Waals surface area contributed by atoms with Crippen molar-refractivity contribution in [2.45, 2.75) is 26.7 Å². The van der Waals surface area contributed by atoms with E-state index in [1.54, 1.807) is 4.90 Å². The third-order valence-corrected chi connectivity index (χ3v) is 3.92. The van der Waals surface area contributed by atoms with Crippen LogP contribution in [-0.4, -0.2) is 24.9 Å². The molecule has 0 spiro atoms. The molecule has 114 valence electrons. The third kappa shape index (κ3) is 3.61. The van der Waals surface area contributed by atoms with Crippen LogP contribution in [-0.2, 0) is 9.59 Å². The van der Waals surface area contributed by atoms with Gasteiger partial charge in [0.25, 0.3) is 0 Å². The van der Waals surface area contributed by atoms with Crippen LogP contribution in [0.1, 0.15) is 26.7 Å². The van der Waals surface area contributed by atoms with Crippen molar-refractivity contribution in [2.75, 3.05) is 23.3 Å². The number of nitrogens with one attached hydrogen (secondary N) is 1. The van der Waals surface area contributed by atoms with Gasteiger partial charge in [0.15, 0.2) is 0 Å². The van der Waals surface area contributed by atoms with Gasteiger partial charge in [-0.3, -0.25) is 9.59 Å². The molecule has 1 saturated heterocycles. The normalized spacial score (nSPS) is 16.4. The van der Waals surface area contributed by atoms with Crippen molar-refractivity contribution in [2.24, 2.45) is 17.6 Å². The van der Waals surface area contributed by atoms with Gasteiger partial charge in [0.2, 0.25) is 11.8 Å². The Morgan fingerprint density at radius 2 is 2.00 bits per heavy atom. The summed E-state index contributed by atoms with van der Waals surface area (Å²) in [4.78, 5) is 25.6. The van der Waals surface area contributed by atoms with Crippen LogP contribution >= 0.6 is 0 Å². The number of benzene rings is 1. The standard InChI is InChI=1S/C16H23N3O2/c1-11(2)14(10-17)16(21)18-12-5-7-13(8-6-12)19-9-3-4-15(19)20/h5-8,11,14H,3-4,9-10,17H2,1-2H3,(H,18,21). The van der Waals surface area contributed by atoms with E-state index in [9.17, 15) is 9.59 Å². The summed E-state index contributed by atoms with van der Waals surface area (Å²) in [6.07, 6.45) is 1.52. The summed E-state index contributed by atoms with van der Waals surface area (Å²) in [5.74, 6) is 0.119. The summed E-state index contributed by atoms with van der Waals surface area (Å²) in [5, 5.41) is 2.88. The highest BCUT2D eigenvalue weighted by Crippen LogP contribution is 2.23. The Morgan fingerprint density at radius 3 is 2.48 bits per heavy atom. The Morgan fingerprint density at radius 1 is 1.33 bits per heavy atom. The molecule has 1 heterocycles. The minimum atomic E-state index is -0.190. The molecule has 1 aliphatic heterocycles. The molecule has 3 N–H and O–H groups in total. The van der Waals surface area contributed by atoms with E-state index in [1.807, 2.05) is 38.1 Å². The highest BCUT2D eigenvalue weighted by molar-refractivity contribution is 5.96. The van der Waals surface area contributed by atoms with E-state index >= 15 is 0 Å². The summed E-state index contributed by atoms with van der Waals surface area (Å²) in [6, 6.07) is 7.39. The number of anilines is 2. The van der Waals surface area contributed by atoms with Crippen LogP contribution in [0, 0.1) is 11.8 Å². The quantitative estimate of drug-likeness (QED) is 0.870. The van der Waals surface area contributed by atoms with Crippen LogP contribution in [0.25, 0.3) is 0 Å². The molecule has 0 bridgehead atoms. The number of nitrogens with two attached hydrogens (primary N) is 1. The number of carbonyl (C=O) groups excluding carboxylic acids is 2. The largest absolute Gasteiger partial charge is 0.330 e. The highest BCUT2D eigenvalue weighted by atomic mass is 16.2. The first-order chi connectivity index (χ1) is 10.0. The zero-order chi connectivity index (χ0) is 15.4. The Bertz CT molecular complexity index is 511. The summed E-state index contributed by atoms with van der Waals surface area (Å²) in [6.45, 7) is 5.08. The van der Waals surface area contributed by atoms with Crippen molar-refractivity contribution in [3.05, 3.63) is 24.3 Å². The van der Waals surface area contributed by atoms with Gasteiger partial charge in [0, 0.05) is 30.9 Å². The van der Waals surface area contributed by atoms with Gasteiger partial charge in [-0.25, -0.2) is 0 Å². The fourth-order valence-corrected chi connectivity index (χ4v) is 2.56. The van der Waals surface area contributed by atoms with Crippen molar-refractivity contribution in [3.8, 4) is 0 Å². The summed E-state index contributed by atoms with van der Waals surface area (Å²) >= 11 is 0. The van der Waals surface area contributed by atoms with E-state index in [0.29, 0.717) is 13.0 Å². The predicted molar refractivity (Wildman–Crippen MR) is 84.0 cm³/mol. The molecule has 5 heteroatoms. The second-order valence-corrected chi connectivity index (χ2v) is 5.77. The van der Waals surface area contributed by atoms with Gasteiger partial charge in [0.05, 0.1) is 5.92 Å². The van der Waals surface area contributed by atoms with Crippen molar-refractivity contribution in [1.29, 1.82) is 0 Å². The summed E-state index contributed by atoms with van der Waals surface area (Å²) in [5.41, 5.74) is 7.26. The van der Waals surface area contributed by atoms with E-state index in [0.717, 1.165) is 24.3 Å². The SMILES string of the molecule is CC(C)C(CN)C(=O)Nc1ccc(N2CCCC2=O)cc1. The van der Waals surface area contributed by atoms with Crippen LogP contribution < -0.4 is 16.0 Å². The molecule has 1 aromatic carbocycles. The van der Waals surface area contributed by atoms with E-state index in [1.165, 1.54) is 0 Å². The topological polar surface area (TPSA) is 75.4 Å². The predicted octanol–water partition coefficient (Wildman–Crippen LogP) is 1.98. The van der Waals surface area contributed by atoms with Crippen LogP contribution in [0.3, 0.4) is 0 Å². The molecule has 0 saturated carbocycles. The maximum absolute atomic E-state index is 12.1. The van der Waals surface area contributed by atoms with Gasteiger partial charge in [-0.1, -0.05) is 13.8 Å². The van der Waals surface area contributed by atoms with Crippen molar-refractivity contribution >= 4 is 23.2 Å². The van der Waals surface area contributed by atoms with Gasteiger partial charge in [-0.05, 0) is 36.6 Å². The van der Waals surface area contributed by atoms with Gasteiger partial charge in [-0.2, -0.15) is 0 Å². The number of hydrogen-bond donors (Lipinski definition) is 2. The zero-order valence-electron chi connectivity index (χ0n) is 12.6. The molecule has 1 unspecified atom stereocenters. The Balaban J connectivity index is 2.02. The number of nitrogens with zero attached hydrogens (tertiary/aromatic N) is 1. The third-order valence-electron chi connectivity index (χ3n) is 3.92. The Hall–Kier alpha value is -1.88. The van der Waals surface area contributed by atoms with Crippen molar-refractivity contribution in [1.82, 2.24) is 0 Å². The molecular formula is C16H23N3O2. The van der Waals surface area contributed by atoms with Crippen LogP contribution in [0.5, 0.6) is 0 Å². The average Bonchev–Trinajstić information content (AvgIpc) is 2.86. The average molecular weight is 289 g/mol. The van der Waals surface area contributed by atoms with E-state index in [4.69, 9.17) is 5.73 Å².